The van der Waals surface area contributed by atoms with E-state index in [9.17, 15) is 18.0 Å². The topological polar surface area (TPSA) is 101 Å². The Balaban J connectivity index is 1.42. The van der Waals surface area contributed by atoms with Crippen LogP contribution >= 0.6 is 0 Å². The summed E-state index contributed by atoms with van der Waals surface area (Å²) in [5, 5.41) is 0.875. The quantitative estimate of drug-likeness (QED) is 0.599. The number of nitrogens with zero attached hydrogens (tertiary/aromatic N) is 4. The van der Waals surface area contributed by atoms with Crippen LogP contribution in [0, 0.1) is 0 Å². The number of hydrogen-bond acceptors (Lipinski definition) is 6. The normalized spacial score (nSPS) is 17.5. The van der Waals surface area contributed by atoms with Gasteiger partial charge >= 0.3 is 0 Å². The summed E-state index contributed by atoms with van der Waals surface area (Å²) in [5.41, 5.74) is 2.80. The third-order valence-electron chi connectivity index (χ3n) is 5.49. The summed E-state index contributed by atoms with van der Waals surface area (Å²) in [5.74, 6) is -0.532. The molecule has 2 aliphatic heterocycles. The molecule has 30 heavy (non-hydrogen) atoms. The van der Waals surface area contributed by atoms with E-state index in [1.165, 1.54) is 28.6 Å². The second-order valence-electron chi connectivity index (χ2n) is 7.35. The number of fused-ring (bicyclic) bond motifs is 2. The Bertz CT molecular complexity index is 1270. The Morgan fingerprint density at radius 1 is 0.933 bits per heavy atom. The van der Waals surface area contributed by atoms with E-state index in [2.05, 4.69) is 9.97 Å². The molecule has 1 saturated heterocycles. The van der Waals surface area contributed by atoms with Gasteiger partial charge in [-0.2, -0.15) is 4.31 Å². The van der Waals surface area contributed by atoms with Crippen molar-refractivity contribution in [2.24, 2.45) is 0 Å². The van der Waals surface area contributed by atoms with Gasteiger partial charge in [-0.05, 0) is 48.0 Å². The number of imide groups is 1. The molecule has 8 nitrogen and oxygen atoms in total. The van der Waals surface area contributed by atoms with Crippen molar-refractivity contribution in [2.75, 3.05) is 11.4 Å². The maximum atomic E-state index is 13.2. The number of hydrogen-bond donors (Lipinski definition) is 0. The van der Waals surface area contributed by atoms with E-state index in [1.807, 2.05) is 18.2 Å². The van der Waals surface area contributed by atoms with Crippen molar-refractivity contribution in [2.45, 2.75) is 30.7 Å². The fourth-order valence-corrected chi connectivity index (χ4v) is 5.34. The molecule has 1 fully saturated rings. The minimum atomic E-state index is -3.72. The number of pyridine rings is 2. The summed E-state index contributed by atoms with van der Waals surface area (Å²) >= 11 is 0. The molecule has 2 aromatic heterocycles. The fourth-order valence-electron chi connectivity index (χ4n) is 3.93. The third kappa shape index (κ3) is 3.06. The van der Waals surface area contributed by atoms with Crippen LogP contribution in [0.5, 0.6) is 0 Å². The molecule has 2 aliphatic rings. The van der Waals surface area contributed by atoms with Crippen LogP contribution in [0.15, 0.2) is 53.6 Å². The number of carbonyl (C=O) groups excluding carboxylic acids is 2. The second kappa shape index (κ2) is 6.96. The van der Waals surface area contributed by atoms with Crippen molar-refractivity contribution < 1.29 is 18.0 Å². The number of carbonyl (C=O) groups is 2. The number of rotatable bonds is 3. The average molecular weight is 422 g/mol. The molecular weight excluding hydrogens is 404 g/mol. The smallest absolute Gasteiger partial charge is 0.243 e. The lowest BCUT2D eigenvalue weighted by Crippen LogP contribution is -2.36. The Morgan fingerprint density at radius 3 is 2.40 bits per heavy atom. The van der Waals surface area contributed by atoms with Gasteiger partial charge in [0.15, 0.2) is 5.65 Å². The first-order valence-electron chi connectivity index (χ1n) is 9.63. The molecule has 1 aromatic carbocycles. The minimum Gasteiger partial charge on any atom is -0.274 e. The lowest BCUT2D eigenvalue weighted by atomic mass is 10.1. The van der Waals surface area contributed by atoms with E-state index in [1.54, 1.807) is 6.20 Å². The first-order valence-corrected chi connectivity index (χ1v) is 11.1. The molecule has 0 spiro atoms. The molecule has 5 rings (SSSR count). The molecule has 0 bridgehead atoms. The highest BCUT2D eigenvalue weighted by Crippen LogP contribution is 2.28. The summed E-state index contributed by atoms with van der Waals surface area (Å²) < 4.78 is 27.8. The first kappa shape index (κ1) is 18.8. The van der Waals surface area contributed by atoms with Gasteiger partial charge in [0.05, 0.1) is 10.6 Å². The SMILES string of the molecule is O=C1CCC(=O)N1c1ccc(S(=O)(=O)N2CCc3nc4ncccc4cc3C2)cc1. The number of amides is 2. The van der Waals surface area contributed by atoms with Crippen LogP contribution in [0.1, 0.15) is 24.1 Å². The van der Waals surface area contributed by atoms with Crippen LogP contribution in [-0.2, 0) is 32.6 Å². The molecule has 0 unspecified atom stereocenters. The summed E-state index contributed by atoms with van der Waals surface area (Å²) in [6, 6.07) is 11.6. The Kier molecular flexibility index (Phi) is 4.37. The monoisotopic (exact) mass is 422 g/mol. The van der Waals surface area contributed by atoms with Crippen molar-refractivity contribution in [1.29, 1.82) is 0 Å². The van der Waals surface area contributed by atoms with Crippen LogP contribution in [0.25, 0.3) is 11.0 Å². The van der Waals surface area contributed by atoms with E-state index >= 15 is 0 Å². The lowest BCUT2D eigenvalue weighted by Gasteiger charge is -2.28. The maximum Gasteiger partial charge on any atom is 0.243 e. The highest BCUT2D eigenvalue weighted by atomic mass is 32.2. The van der Waals surface area contributed by atoms with Gasteiger partial charge in [-0.25, -0.2) is 18.4 Å². The largest absolute Gasteiger partial charge is 0.274 e. The fraction of sp³-hybridized carbons (Fsp3) is 0.238. The van der Waals surface area contributed by atoms with Crippen LogP contribution in [-0.4, -0.2) is 41.1 Å². The lowest BCUT2D eigenvalue weighted by molar-refractivity contribution is -0.121. The summed E-state index contributed by atoms with van der Waals surface area (Å²) in [7, 11) is -3.72. The van der Waals surface area contributed by atoms with E-state index < -0.39 is 10.0 Å². The van der Waals surface area contributed by atoms with Gasteiger partial charge < -0.3 is 0 Å². The van der Waals surface area contributed by atoms with Crippen molar-refractivity contribution in [3.63, 3.8) is 0 Å². The van der Waals surface area contributed by atoms with Crippen LogP contribution in [0.4, 0.5) is 5.69 Å². The van der Waals surface area contributed by atoms with Gasteiger partial charge in [-0.1, -0.05) is 0 Å². The molecule has 152 valence electrons. The highest BCUT2D eigenvalue weighted by molar-refractivity contribution is 7.89. The molecule has 4 heterocycles. The van der Waals surface area contributed by atoms with Gasteiger partial charge in [-0.3, -0.25) is 14.5 Å². The van der Waals surface area contributed by atoms with Crippen LogP contribution < -0.4 is 4.90 Å². The van der Waals surface area contributed by atoms with Crippen molar-refractivity contribution in [3.05, 3.63) is 59.9 Å². The Hall–Kier alpha value is -3.17. The zero-order valence-electron chi connectivity index (χ0n) is 16.0. The van der Waals surface area contributed by atoms with Crippen LogP contribution in [0.3, 0.4) is 0 Å². The molecule has 0 N–H and O–H groups in total. The summed E-state index contributed by atoms with van der Waals surface area (Å²) in [6.45, 7) is 0.561. The molecule has 9 heteroatoms. The number of sulfonamides is 1. The van der Waals surface area contributed by atoms with Crippen LogP contribution in [0.2, 0.25) is 0 Å². The third-order valence-corrected chi connectivity index (χ3v) is 7.35. The number of anilines is 1. The number of benzene rings is 1. The zero-order chi connectivity index (χ0) is 20.9. The van der Waals surface area contributed by atoms with Gasteiger partial charge in [0.25, 0.3) is 0 Å². The molecule has 0 saturated carbocycles. The van der Waals surface area contributed by atoms with Gasteiger partial charge in [0, 0.05) is 49.6 Å². The van der Waals surface area contributed by atoms with Gasteiger partial charge in [0.1, 0.15) is 0 Å². The molecule has 3 aromatic rings. The summed E-state index contributed by atoms with van der Waals surface area (Å²) in [4.78, 5) is 33.9. The van der Waals surface area contributed by atoms with Crippen molar-refractivity contribution in [1.82, 2.24) is 14.3 Å². The maximum absolute atomic E-state index is 13.2. The van der Waals surface area contributed by atoms with Gasteiger partial charge in [-0.15, -0.1) is 0 Å². The molecule has 0 aliphatic carbocycles. The van der Waals surface area contributed by atoms with E-state index in [0.29, 0.717) is 24.3 Å². The van der Waals surface area contributed by atoms with E-state index in [4.69, 9.17) is 0 Å². The standard InChI is InChI=1S/C21H18N4O4S/c26-19-7-8-20(27)25(19)16-3-5-17(6-4-16)30(28,29)24-11-9-18-15(13-24)12-14-2-1-10-22-21(14)23-18/h1-6,10,12H,7-9,11,13H2. The molecule has 2 amide bonds. The Labute approximate surface area is 173 Å². The number of aromatic nitrogens is 2. The second-order valence-corrected chi connectivity index (χ2v) is 9.29. The summed E-state index contributed by atoms with van der Waals surface area (Å²) in [6.07, 6.45) is 2.57. The Morgan fingerprint density at radius 2 is 1.67 bits per heavy atom. The molecule has 0 radical (unpaired) electrons. The first-order chi connectivity index (χ1) is 14.4. The minimum absolute atomic E-state index is 0.129. The van der Waals surface area contributed by atoms with E-state index in [-0.39, 0.29) is 36.1 Å². The highest BCUT2D eigenvalue weighted by Gasteiger charge is 2.32. The van der Waals surface area contributed by atoms with Gasteiger partial charge in [0.2, 0.25) is 21.8 Å². The molecular formula is C21H18N4O4S. The van der Waals surface area contributed by atoms with E-state index in [0.717, 1.165) is 21.5 Å². The molecule has 0 atom stereocenters. The zero-order valence-corrected chi connectivity index (χ0v) is 16.8. The van der Waals surface area contributed by atoms with Crippen molar-refractivity contribution >= 4 is 38.6 Å². The average Bonchev–Trinajstić information content (AvgIpc) is 3.09. The predicted molar refractivity (Wildman–Crippen MR) is 109 cm³/mol. The predicted octanol–water partition coefficient (Wildman–Crippen LogP) is 2.03. The van der Waals surface area contributed by atoms with Crippen molar-refractivity contribution in [3.8, 4) is 0 Å².